The van der Waals surface area contributed by atoms with E-state index in [1.165, 1.54) is 6.42 Å². The van der Waals surface area contributed by atoms with Gasteiger partial charge in [0.1, 0.15) is 0 Å². The van der Waals surface area contributed by atoms with E-state index < -0.39 is 11.8 Å². The highest BCUT2D eigenvalue weighted by Gasteiger charge is 2.15. The van der Waals surface area contributed by atoms with Crippen LogP contribution in [0.5, 0.6) is 0 Å². The maximum atomic E-state index is 11.8. The first-order valence-electron chi connectivity index (χ1n) is 9.03. The van der Waals surface area contributed by atoms with Crippen LogP contribution in [0.3, 0.4) is 0 Å². The molecule has 1 aliphatic rings. The predicted molar refractivity (Wildman–Crippen MR) is 91.2 cm³/mol. The van der Waals surface area contributed by atoms with Gasteiger partial charge in [0.05, 0.1) is 13.2 Å². The van der Waals surface area contributed by atoms with Gasteiger partial charge in [0.15, 0.2) is 0 Å². The smallest absolute Gasteiger partial charge is 0.309 e. The molecule has 0 unspecified atom stereocenters. The fourth-order valence-corrected chi connectivity index (χ4v) is 2.67. The van der Waals surface area contributed by atoms with Gasteiger partial charge >= 0.3 is 11.8 Å². The van der Waals surface area contributed by atoms with Gasteiger partial charge in [-0.3, -0.25) is 14.5 Å². The molecule has 0 bridgehead atoms. The Morgan fingerprint density at radius 2 is 1.78 bits per heavy atom. The molecule has 2 amide bonds. The van der Waals surface area contributed by atoms with Crippen molar-refractivity contribution in [1.29, 1.82) is 0 Å². The molecule has 1 saturated heterocycles. The van der Waals surface area contributed by atoms with Crippen LogP contribution in [0.25, 0.3) is 0 Å². The van der Waals surface area contributed by atoms with Gasteiger partial charge in [-0.15, -0.1) is 0 Å². The lowest BCUT2D eigenvalue weighted by atomic mass is 9.99. The molecule has 0 saturated carbocycles. The van der Waals surface area contributed by atoms with Crippen molar-refractivity contribution in [2.45, 2.75) is 46.0 Å². The fraction of sp³-hybridized carbons (Fsp3) is 0.882. The Kier molecular flexibility index (Phi) is 10.6. The van der Waals surface area contributed by atoms with Gasteiger partial charge < -0.3 is 15.4 Å². The van der Waals surface area contributed by atoms with Gasteiger partial charge in [0.25, 0.3) is 0 Å². The molecule has 1 rings (SSSR count). The Morgan fingerprint density at radius 3 is 2.43 bits per heavy atom. The van der Waals surface area contributed by atoms with Crippen LogP contribution in [0.2, 0.25) is 0 Å². The second-order valence-electron chi connectivity index (χ2n) is 6.19. The molecule has 1 aliphatic heterocycles. The van der Waals surface area contributed by atoms with Crippen LogP contribution in [-0.4, -0.2) is 62.7 Å². The molecule has 0 aromatic rings. The second kappa shape index (κ2) is 12.3. The molecule has 1 fully saturated rings. The first kappa shape index (κ1) is 19.9. The number of nitrogens with one attached hydrogen (secondary N) is 2. The molecule has 2 N–H and O–H groups in total. The topological polar surface area (TPSA) is 70.7 Å². The lowest BCUT2D eigenvalue weighted by molar-refractivity contribution is -0.139. The van der Waals surface area contributed by atoms with Crippen molar-refractivity contribution in [1.82, 2.24) is 15.5 Å². The third kappa shape index (κ3) is 8.91. The number of hydrogen-bond donors (Lipinski definition) is 2. The summed E-state index contributed by atoms with van der Waals surface area (Å²) in [6, 6.07) is 0. The Labute approximate surface area is 140 Å². The zero-order valence-corrected chi connectivity index (χ0v) is 14.7. The van der Waals surface area contributed by atoms with E-state index in [4.69, 9.17) is 4.74 Å². The number of hydrogen-bond acceptors (Lipinski definition) is 4. The summed E-state index contributed by atoms with van der Waals surface area (Å²) in [6.07, 6.45) is 5.32. The third-order valence-corrected chi connectivity index (χ3v) is 4.34. The molecular weight excluding hydrogens is 294 g/mol. The van der Waals surface area contributed by atoms with Crippen LogP contribution < -0.4 is 10.6 Å². The SMILES string of the molecule is CCCC[C@H](CC)CNC(=O)C(=O)NCCCN1CCOCC1. The minimum atomic E-state index is -0.516. The third-order valence-electron chi connectivity index (χ3n) is 4.34. The van der Waals surface area contributed by atoms with Crippen molar-refractivity contribution in [2.24, 2.45) is 5.92 Å². The Morgan fingerprint density at radius 1 is 1.09 bits per heavy atom. The highest BCUT2D eigenvalue weighted by Crippen LogP contribution is 2.10. The van der Waals surface area contributed by atoms with E-state index in [-0.39, 0.29) is 0 Å². The Hall–Kier alpha value is -1.14. The summed E-state index contributed by atoms with van der Waals surface area (Å²) in [7, 11) is 0. The predicted octanol–water partition coefficient (Wildman–Crippen LogP) is 1.16. The first-order chi connectivity index (χ1) is 11.2. The van der Waals surface area contributed by atoms with Gasteiger partial charge in [-0.25, -0.2) is 0 Å². The first-order valence-corrected chi connectivity index (χ1v) is 9.03. The van der Waals surface area contributed by atoms with E-state index in [1.807, 2.05) is 0 Å². The maximum Gasteiger partial charge on any atom is 0.309 e. The lowest BCUT2D eigenvalue weighted by Gasteiger charge is -2.26. The van der Waals surface area contributed by atoms with Crippen LogP contribution in [-0.2, 0) is 14.3 Å². The normalized spacial score (nSPS) is 16.8. The highest BCUT2D eigenvalue weighted by molar-refractivity contribution is 6.35. The fourth-order valence-electron chi connectivity index (χ4n) is 2.67. The van der Waals surface area contributed by atoms with Crippen molar-refractivity contribution in [2.75, 3.05) is 45.9 Å². The number of rotatable bonds is 10. The number of unbranched alkanes of at least 4 members (excludes halogenated alkanes) is 1. The number of ether oxygens (including phenoxy) is 1. The summed E-state index contributed by atoms with van der Waals surface area (Å²) in [5.41, 5.74) is 0. The molecule has 0 spiro atoms. The van der Waals surface area contributed by atoms with E-state index in [0.717, 1.165) is 58.5 Å². The Bertz CT molecular complexity index is 344. The van der Waals surface area contributed by atoms with E-state index in [2.05, 4.69) is 29.4 Å². The Balaban J connectivity index is 2.09. The number of nitrogens with zero attached hydrogens (tertiary/aromatic N) is 1. The van der Waals surface area contributed by atoms with E-state index >= 15 is 0 Å². The molecule has 134 valence electrons. The van der Waals surface area contributed by atoms with E-state index in [1.54, 1.807) is 0 Å². The maximum absolute atomic E-state index is 11.8. The summed E-state index contributed by atoms with van der Waals surface area (Å²) in [6.45, 7) is 9.81. The van der Waals surface area contributed by atoms with Crippen LogP contribution in [0.15, 0.2) is 0 Å². The molecule has 1 heterocycles. The summed E-state index contributed by atoms with van der Waals surface area (Å²) in [4.78, 5) is 25.9. The second-order valence-corrected chi connectivity index (χ2v) is 6.19. The molecular formula is C17H33N3O3. The van der Waals surface area contributed by atoms with Gasteiger partial charge in [-0.1, -0.05) is 33.1 Å². The lowest BCUT2D eigenvalue weighted by Crippen LogP contribution is -2.43. The molecule has 1 atom stereocenters. The quantitative estimate of drug-likeness (QED) is 0.467. The average Bonchev–Trinajstić information content (AvgIpc) is 2.59. The molecule has 0 aromatic heterocycles. The van der Waals surface area contributed by atoms with Crippen molar-refractivity contribution in [3.05, 3.63) is 0 Å². The minimum Gasteiger partial charge on any atom is -0.379 e. The molecule has 0 radical (unpaired) electrons. The standard InChI is InChI=1S/C17H33N3O3/c1-3-5-7-15(4-2)14-19-17(22)16(21)18-8-6-9-20-10-12-23-13-11-20/h15H,3-14H2,1-2H3,(H,18,21)(H,19,22)/t15-/m0/s1. The van der Waals surface area contributed by atoms with Crippen LogP contribution in [0.4, 0.5) is 0 Å². The summed E-state index contributed by atoms with van der Waals surface area (Å²) in [5.74, 6) is -0.559. The van der Waals surface area contributed by atoms with Crippen LogP contribution in [0.1, 0.15) is 46.0 Å². The zero-order chi connectivity index (χ0) is 16.9. The van der Waals surface area contributed by atoms with Gasteiger partial charge in [-0.05, 0) is 25.3 Å². The number of amides is 2. The highest BCUT2D eigenvalue weighted by atomic mass is 16.5. The molecule has 6 heteroatoms. The summed E-state index contributed by atoms with van der Waals surface area (Å²) in [5, 5.41) is 5.45. The molecule has 0 aliphatic carbocycles. The monoisotopic (exact) mass is 327 g/mol. The van der Waals surface area contributed by atoms with Crippen molar-refractivity contribution >= 4 is 11.8 Å². The number of carbonyl (C=O) groups is 2. The molecule has 6 nitrogen and oxygen atoms in total. The van der Waals surface area contributed by atoms with Crippen LogP contribution in [0, 0.1) is 5.92 Å². The largest absolute Gasteiger partial charge is 0.379 e. The summed E-state index contributed by atoms with van der Waals surface area (Å²) >= 11 is 0. The van der Waals surface area contributed by atoms with E-state index in [0.29, 0.717) is 19.0 Å². The molecule has 23 heavy (non-hydrogen) atoms. The molecule has 0 aromatic carbocycles. The zero-order valence-electron chi connectivity index (χ0n) is 14.7. The van der Waals surface area contributed by atoms with Gasteiger partial charge in [-0.2, -0.15) is 0 Å². The van der Waals surface area contributed by atoms with Crippen molar-refractivity contribution < 1.29 is 14.3 Å². The van der Waals surface area contributed by atoms with Gasteiger partial charge in [0.2, 0.25) is 0 Å². The minimum absolute atomic E-state index is 0.466. The van der Waals surface area contributed by atoms with Crippen molar-refractivity contribution in [3.8, 4) is 0 Å². The summed E-state index contributed by atoms with van der Waals surface area (Å²) < 4.78 is 5.29. The van der Waals surface area contributed by atoms with Crippen LogP contribution >= 0.6 is 0 Å². The van der Waals surface area contributed by atoms with Crippen molar-refractivity contribution in [3.63, 3.8) is 0 Å². The van der Waals surface area contributed by atoms with E-state index in [9.17, 15) is 9.59 Å². The number of morpholine rings is 1. The average molecular weight is 327 g/mol. The number of carbonyl (C=O) groups excluding carboxylic acids is 2. The van der Waals surface area contributed by atoms with Gasteiger partial charge in [0, 0.05) is 26.2 Å².